The lowest BCUT2D eigenvalue weighted by Crippen LogP contribution is -2.28. The van der Waals surface area contributed by atoms with Gasteiger partial charge in [0.15, 0.2) is 5.69 Å². The van der Waals surface area contributed by atoms with Gasteiger partial charge in [-0.15, -0.1) is 28.8 Å². The van der Waals surface area contributed by atoms with Gasteiger partial charge in [-0.3, -0.25) is 4.79 Å². The lowest BCUT2D eigenvalue weighted by molar-refractivity contribution is 0.102. The molecule has 0 unspecified atom stereocenters. The molecule has 1 aliphatic carbocycles. The van der Waals surface area contributed by atoms with Crippen molar-refractivity contribution in [2.45, 2.75) is 37.8 Å². The van der Waals surface area contributed by atoms with Crippen molar-refractivity contribution in [2.24, 2.45) is 5.73 Å². The number of thiazole rings is 1. The van der Waals surface area contributed by atoms with Crippen LogP contribution < -0.4 is 11.1 Å². The molecule has 9 heteroatoms. The van der Waals surface area contributed by atoms with Crippen LogP contribution >= 0.6 is 23.7 Å². The maximum atomic E-state index is 12.4. The summed E-state index contributed by atoms with van der Waals surface area (Å²) in [6, 6.07) is 6.24. The first-order chi connectivity index (χ1) is 11.7. The second kappa shape index (κ2) is 7.47. The number of halogens is 1. The van der Waals surface area contributed by atoms with E-state index < -0.39 is 0 Å². The summed E-state index contributed by atoms with van der Waals surface area (Å²) >= 11 is 1.57. The molecule has 0 radical (unpaired) electrons. The quantitative estimate of drug-likeness (QED) is 0.729. The molecule has 2 heterocycles. The van der Waals surface area contributed by atoms with E-state index >= 15 is 0 Å². The number of carbonyl (C=O) groups is 1. The number of carbonyl (C=O) groups excluding carboxylic acids is 1. The highest BCUT2D eigenvalue weighted by molar-refractivity contribution is 7.16. The molecule has 1 aliphatic rings. The van der Waals surface area contributed by atoms with Crippen molar-refractivity contribution in [3.05, 3.63) is 35.6 Å². The minimum Gasteiger partial charge on any atom is -0.328 e. The summed E-state index contributed by atoms with van der Waals surface area (Å²) in [6.07, 6.45) is 5.65. The first kappa shape index (κ1) is 17.8. The maximum absolute atomic E-state index is 12.4. The zero-order chi connectivity index (χ0) is 16.5. The van der Waals surface area contributed by atoms with E-state index in [2.05, 4.69) is 20.6 Å². The summed E-state index contributed by atoms with van der Waals surface area (Å²) in [6.45, 7) is 0. The van der Waals surface area contributed by atoms with Crippen LogP contribution in [-0.4, -0.2) is 31.9 Å². The summed E-state index contributed by atoms with van der Waals surface area (Å²) in [4.78, 5) is 16.6. The van der Waals surface area contributed by atoms with E-state index in [-0.39, 0.29) is 30.4 Å². The number of hydrogen-bond donors (Lipinski definition) is 2. The second-order valence-electron chi connectivity index (χ2n) is 6.14. The van der Waals surface area contributed by atoms with Gasteiger partial charge in [-0.2, -0.15) is 0 Å². The van der Waals surface area contributed by atoms with Crippen LogP contribution in [0, 0.1) is 0 Å². The number of aromatic nitrogens is 4. The average molecular weight is 379 g/mol. The molecule has 1 amide bonds. The number of rotatable bonds is 3. The summed E-state index contributed by atoms with van der Waals surface area (Å²) in [5.41, 5.74) is 9.62. The number of nitrogens with zero attached hydrogens (tertiary/aromatic N) is 4. The molecule has 0 spiro atoms. The van der Waals surface area contributed by atoms with Crippen molar-refractivity contribution < 1.29 is 4.79 Å². The Labute approximate surface area is 155 Å². The molecule has 132 valence electrons. The highest BCUT2D eigenvalue weighted by Gasteiger charge is 2.22. The number of hydrogen-bond acceptors (Lipinski definition) is 6. The molecule has 2 aromatic heterocycles. The molecule has 1 aromatic carbocycles. The van der Waals surface area contributed by atoms with Crippen LogP contribution in [-0.2, 0) is 0 Å². The van der Waals surface area contributed by atoms with Gasteiger partial charge >= 0.3 is 0 Å². The molecule has 0 bridgehead atoms. The van der Waals surface area contributed by atoms with Gasteiger partial charge in [-0.1, -0.05) is 5.21 Å². The Morgan fingerprint density at radius 1 is 1.28 bits per heavy atom. The smallest absolute Gasteiger partial charge is 0.277 e. The number of amides is 1. The van der Waals surface area contributed by atoms with E-state index in [0.717, 1.165) is 35.9 Å². The molecule has 0 aliphatic heterocycles. The molecule has 0 saturated heterocycles. The van der Waals surface area contributed by atoms with Crippen molar-refractivity contribution in [1.29, 1.82) is 0 Å². The summed E-state index contributed by atoms with van der Waals surface area (Å²) < 4.78 is 2.89. The zero-order valence-electron chi connectivity index (χ0n) is 13.5. The van der Waals surface area contributed by atoms with Crippen molar-refractivity contribution in [1.82, 2.24) is 20.0 Å². The van der Waals surface area contributed by atoms with E-state index in [1.54, 1.807) is 27.7 Å². The normalized spacial score (nSPS) is 20.2. The van der Waals surface area contributed by atoms with E-state index in [0.29, 0.717) is 11.4 Å². The van der Waals surface area contributed by atoms with E-state index in [4.69, 9.17) is 5.73 Å². The molecular weight excluding hydrogens is 360 g/mol. The fraction of sp³-hybridized carbons (Fsp3) is 0.375. The molecule has 3 aromatic rings. The first-order valence-corrected chi connectivity index (χ1v) is 8.89. The third-order valence-electron chi connectivity index (χ3n) is 4.45. The SMILES string of the molecule is Cl.NC1CCC(n2cc(C(=O)Nc3ccc4scnc4c3)nn2)CC1. The van der Waals surface area contributed by atoms with Gasteiger partial charge in [0.2, 0.25) is 0 Å². The third kappa shape index (κ3) is 3.81. The number of fused-ring (bicyclic) bond motifs is 1. The van der Waals surface area contributed by atoms with Crippen LogP contribution in [0.5, 0.6) is 0 Å². The summed E-state index contributed by atoms with van der Waals surface area (Å²) in [7, 11) is 0. The maximum Gasteiger partial charge on any atom is 0.277 e. The Balaban J connectivity index is 0.00000182. The Hall–Kier alpha value is -2.03. The molecule has 3 N–H and O–H groups in total. The average Bonchev–Trinajstić information content (AvgIpc) is 3.24. The third-order valence-corrected chi connectivity index (χ3v) is 5.26. The van der Waals surface area contributed by atoms with Crippen LogP contribution in [0.15, 0.2) is 29.9 Å². The van der Waals surface area contributed by atoms with Crippen molar-refractivity contribution in [3.8, 4) is 0 Å². The van der Waals surface area contributed by atoms with E-state index in [1.165, 1.54) is 0 Å². The van der Waals surface area contributed by atoms with Gasteiger partial charge in [0, 0.05) is 11.7 Å². The molecule has 25 heavy (non-hydrogen) atoms. The number of benzene rings is 1. The number of anilines is 1. The highest BCUT2D eigenvalue weighted by Crippen LogP contribution is 2.27. The van der Waals surface area contributed by atoms with Crippen LogP contribution in [0.1, 0.15) is 42.2 Å². The Morgan fingerprint density at radius 3 is 2.88 bits per heavy atom. The molecule has 1 saturated carbocycles. The van der Waals surface area contributed by atoms with Crippen LogP contribution in [0.4, 0.5) is 5.69 Å². The van der Waals surface area contributed by atoms with Gasteiger partial charge in [-0.25, -0.2) is 9.67 Å². The van der Waals surface area contributed by atoms with Crippen LogP contribution in [0.2, 0.25) is 0 Å². The number of nitrogens with one attached hydrogen (secondary N) is 1. The monoisotopic (exact) mass is 378 g/mol. The number of nitrogens with two attached hydrogens (primary N) is 1. The Morgan fingerprint density at radius 2 is 2.08 bits per heavy atom. The topological polar surface area (TPSA) is 98.7 Å². The fourth-order valence-electron chi connectivity index (χ4n) is 3.06. The minimum atomic E-state index is -0.261. The zero-order valence-corrected chi connectivity index (χ0v) is 15.1. The van der Waals surface area contributed by atoms with Gasteiger partial charge in [0.05, 0.1) is 28.0 Å². The fourth-order valence-corrected chi connectivity index (χ4v) is 3.71. The van der Waals surface area contributed by atoms with Crippen molar-refractivity contribution in [3.63, 3.8) is 0 Å². The lowest BCUT2D eigenvalue weighted by Gasteiger charge is -2.25. The molecule has 0 atom stereocenters. The largest absolute Gasteiger partial charge is 0.328 e. The highest BCUT2D eigenvalue weighted by atomic mass is 35.5. The van der Waals surface area contributed by atoms with Gasteiger partial charge in [0.25, 0.3) is 5.91 Å². The van der Waals surface area contributed by atoms with Gasteiger partial charge in [-0.05, 0) is 43.9 Å². The predicted octanol–water partition coefficient (Wildman–Crippen LogP) is 3.00. The second-order valence-corrected chi connectivity index (χ2v) is 7.03. The van der Waals surface area contributed by atoms with E-state index in [1.807, 2.05) is 18.2 Å². The standard InChI is InChI=1S/C16H18N6OS.ClH/c17-10-1-4-12(5-2-10)22-8-14(20-21-22)16(23)19-11-3-6-15-13(7-11)18-9-24-15;/h3,6-10,12H,1-2,4-5,17H2,(H,19,23);1H. The van der Waals surface area contributed by atoms with Crippen LogP contribution in [0.25, 0.3) is 10.2 Å². The predicted molar refractivity (Wildman–Crippen MR) is 100 cm³/mol. The molecule has 1 fully saturated rings. The van der Waals surface area contributed by atoms with Gasteiger partial charge in [0.1, 0.15) is 0 Å². The van der Waals surface area contributed by atoms with Crippen molar-refractivity contribution in [2.75, 3.05) is 5.32 Å². The van der Waals surface area contributed by atoms with E-state index in [9.17, 15) is 4.79 Å². The lowest BCUT2D eigenvalue weighted by atomic mass is 9.92. The van der Waals surface area contributed by atoms with Gasteiger partial charge < -0.3 is 11.1 Å². The Kier molecular flexibility index (Phi) is 5.31. The molecule has 7 nitrogen and oxygen atoms in total. The molecule has 4 rings (SSSR count). The Bertz CT molecular complexity index is 870. The van der Waals surface area contributed by atoms with Crippen LogP contribution in [0.3, 0.4) is 0 Å². The van der Waals surface area contributed by atoms with Crippen molar-refractivity contribution >= 4 is 45.6 Å². The summed E-state index contributed by atoms with van der Waals surface area (Å²) in [5.74, 6) is -0.261. The minimum absolute atomic E-state index is 0. The molecular formula is C16H19ClN6OS. The summed E-state index contributed by atoms with van der Waals surface area (Å²) in [5, 5.41) is 11.0. The first-order valence-electron chi connectivity index (χ1n) is 8.01.